The van der Waals surface area contributed by atoms with Crippen molar-refractivity contribution in [2.45, 2.75) is 50.3 Å². The first-order valence-corrected chi connectivity index (χ1v) is 12.4. The highest BCUT2D eigenvalue weighted by Crippen LogP contribution is 2.45. The van der Waals surface area contributed by atoms with Crippen molar-refractivity contribution in [3.05, 3.63) is 107 Å². The zero-order valence-corrected chi connectivity index (χ0v) is 20.2. The predicted molar refractivity (Wildman–Crippen MR) is 139 cm³/mol. The molecule has 0 radical (unpaired) electrons. The Morgan fingerprint density at radius 3 is 2.18 bits per heavy atom. The zero-order valence-electron chi connectivity index (χ0n) is 19.4. The van der Waals surface area contributed by atoms with Crippen LogP contribution in [0.15, 0.2) is 83.8 Å². The summed E-state index contributed by atoms with van der Waals surface area (Å²) >= 11 is 1.56. The van der Waals surface area contributed by atoms with E-state index in [4.69, 9.17) is 9.97 Å². The minimum Gasteiger partial charge on any atom is -0.294 e. The van der Waals surface area contributed by atoms with Crippen molar-refractivity contribution in [1.29, 1.82) is 0 Å². The minimum atomic E-state index is -0.142. The molecule has 4 aromatic rings. The van der Waals surface area contributed by atoms with Crippen LogP contribution in [0.25, 0.3) is 11.3 Å². The zero-order chi connectivity index (χ0) is 22.8. The Morgan fingerprint density at radius 1 is 0.818 bits per heavy atom. The molecule has 0 fully saturated rings. The summed E-state index contributed by atoms with van der Waals surface area (Å²) in [6.45, 7) is 6.71. The second kappa shape index (κ2) is 9.03. The van der Waals surface area contributed by atoms with Gasteiger partial charge >= 0.3 is 0 Å². The summed E-state index contributed by atoms with van der Waals surface area (Å²) in [6, 6.07) is 27.6. The molecule has 1 aliphatic carbocycles. The van der Waals surface area contributed by atoms with Gasteiger partial charge in [0.1, 0.15) is 0 Å². The molecule has 1 atom stereocenters. The summed E-state index contributed by atoms with van der Waals surface area (Å²) in [6.07, 6.45) is 3.22. The van der Waals surface area contributed by atoms with Crippen LogP contribution < -0.4 is 4.72 Å². The van der Waals surface area contributed by atoms with Gasteiger partial charge in [-0.2, -0.15) is 0 Å². The number of benzene rings is 3. The fourth-order valence-corrected chi connectivity index (χ4v) is 5.63. The van der Waals surface area contributed by atoms with Crippen LogP contribution in [0.5, 0.6) is 0 Å². The molecule has 33 heavy (non-hydrogen) atoms. The number of hydrogen-bond acceptors (Lipinski definition) is 4. The molecular weight excluding hydrogens is 422 g/mol. The lowest BCUT2D eigenvalue weighted by molar-refractivity contribution is 0.450. The minimum absolute atomic E-state index is 0.142. The van der Waals surface area contributed by atoms with Gasteiger partial charge in [-0.3, -0.25) is 4.72 Å². The van der Waals surface area contributed by atoms with E-state index in [1.165, 1.54) is 27.8 Å². The Kier molecular flexibility index (Phi) is 5.94. The second-order valence-electron chi connectivity index (χ2n) is 9.06. The first-order chi connectivity index (χ1) is 16.1. The molecule has 0 amide bonds. The highest BCUT2D eigenvalue weighted by atomic mass is 32.2. The molecular formula is C29H29N3S. The largest absolute Gasteiger partial charge is 0.294 e. The van der Waals surface area contributed by atoms with Gasteiger partial charge in [0.05, 0.1) is 11.4 Å². The summed E-state index contributed by atoms with van der Waals surface area (Å²) in [5, 5.41) is 0. The van der Waals surface area contributed by atoms with Gasteiger partial charge in [0, 0.05) is 21.4 Å². The summed E-state index contributed by atoms with van der Waals surface area (Å²) in [5.74, 6) is 0.671. The van der Waals surface area contributed by atoms with E-state index in [1.54, 1.807) is 11.9 Å². The number of rotatable bonds is 5. The van der Waals surface area contributed by atoms with Crippen molar-refractivity contribution in [1.82, 2.24) is 9.97 Å². The lowest BCUT2D eigenvalue weighted by Crippen LogP contribution is -2.31. The van der Waals surface area contributed by atoms with E-state index < -0.39 is 0 Å². The van der Waals surface area contributed by atoms with Crippen LogP contribution in [0.3, 0.4) is 0 Å². The van der Waals surface area contributed by atoms with Crippen molar-refractivity contribution in [2.24, 2.45) is 0 Å². The average molecular weight is 452 g/mol. The Labute approximate surface area is 200 Å². The summed E-state index contributed by atoms with van der Waals surface area (Å²) < 4.78 is 3.44. The van der Waals surface area contributed by atoms with Crippen LogP contribution in [0.2, 0.25) is 0 Å². The Morgan fingerprint density at radius 2 is 1.48 bits per heavy atom. The molecule has 1 aromatic heterocycles. The third-order valence-electron chi connectivity index (χ3n) is 6.77. The van der Waals surface area contributed by atoms with Crippen molar-refractivity contribution in [3.63, 3.8) is 0 Å². The lowest BCUT2D eigenvalue weighted by atomic mass is 9.69. The van der Waals surface area contributed by atoms with E-state index in [1.807, 2.05) is 18.2 Å². The van der Waals surface area contributed by atoms with Gasteiger partial charge in [0.15, 0.2) is 0 Å². The number of fused-ring (bicyclic) bond motifs is 1. The van der Waals surface area contributed by atoms with Crippen LogP contribution in [-0.4, -0.2) is 9.97 Å². The second-order valence-corrected chi connectivity index (χ2v) is 9.94. The van der Waals surface area contributed by atoms with Gasteiger partial charge in [-0.05, 0) is 80.8 Å². The fraction of sp³-hybridized carbons (Fsp3) is 0.241. The van der Waals surface area contributed by atoms with Crippen molar-refractivity contribution in [3.8, 4) is 11.3 Å². The van der Waals surface area contributed by atoms with E-state index in [9.17, 15) is 0 Å². The van der Waals surface area contributed by atoms with Gasteiger partial charge in [0.25, 0.3) is 0 Å². The first-order valence-electron chi connectivity index (χ1n) is 11.6. The molecule has 0 saturated heterocycles. The van der Waals surface area contributed by atoms with Crippen LogP contribution in [0.4, 0.5) is 5.95 Å². The van der Waals surface area contributed by atoms with E-state index >= 15 is 0 Å². The Hall–Kier alpha value is -3.11. The number of aryl methyl sites for hydroxylation is 2. The van der Waals surface area contributed by atoms with Gasteiger partial charge < -0.3 is 0 Å². The molecule has 4 heteroatoms. The maximum Gasteiger partial charge on any atom is 0.233 e. The Balaban J connectivity index is 1.68. The van der Waals surface area contributed by atoms with E-state index in [0.29, 0.717) is 5.95 Å². The van der Waals surface area contributed by atoms with Crippen molar-refractivity contribution < 1.29 is 0 Å². The summed E-state index contributed by atoms with van der Waals surface area (Å²) in [5.41, 5.74) is 8.45. The average Bonchev–Trinajstić information content (AvgIpc) is 2.84. The molecule has 0 bridgehead atoms. The number of hydrogen-bond donors (Lipinski definition) is 1. The SMILES string of the molecule is Cc1cccc(C)c1-c1nc(NSc2ccccc2)nc2c1CCCC2(C)c1ccccc1. The third kappa shape index (κ3) is 4.16. The molecule has 5 rings (SSSR count). The van der Waals surface area contributed by atoms with E-state index in [0.717, 1.165) is 35.5 Å². The molecule has 0 aliphatic heterocycles. The van der Waals surface area contributed by atoms with Gasteiger partial charge in [-0.1, -0.05) is 66.7 Å². The van der Waals surface area contributed by atoms with Gasteiger partial charge in [-0.25, -0.2) is 9.97 Å². The quantitative estimate of drug-likeness (QED) is 0.318. The smallest absolute Gasteiger partial charge is 0.233 e. The lowest BCUT2D eigenvalue weighted by Gasteiger charge is -2.36. The normalized spacial score (nSPS) is 17.4. The van der Waals surface area contributed by atoms with E-state index in [2.05, 4.69) is 86.2 Å². The Bertz CT molecular complexity index is 1250. The number of nitrogens with zero attached hydrogens (tertiary/aromatic N) is 2. The molecule has 166 valence electrons. The number of aromatic nitrogens is 2. The maximum atomic E-state index is 5.16. The molecule has 1 aliphatic rings. The fourth-order valence-electron chi connectivity index (χ4n) is 5.03. The standard InChI is InChI=1S/C29H29N3S/c1-20-12-10-13-21(2)25(20)26-24-18-11-19-29(3,22-14-6-4-7-15-22)27(24)31-28(30-26)32-33-23-16-8-5-9-17-23/h4-10,12-17H,11,18-19H2,1-3H3,(H,30,31,32). The van der Waals surface area contributed by atoms with Crippen LogP contribution in [-0.2, 0) is 11.8 Å². The molecule has 3 aromatic carbocycles. The van der Waals surface area contributed by atoms with Crippen molar-refractivity contribution in [2.75, 3.05) is 4.72 Å². The highest BCUT2D eigenvalue weighted by Gasteiger charge is 2.37. The summed E-state index contributed by atoms with van der Waals surface area (Å²) in [4.78, 5) is 11.4. The molecule has 0 saturated carbocycles. The topological polar surface area (TPSA) is 37.8 Å². The number of nitrogens with one attached hydrogen (secondary N) is 1. The molecule has 0 spiro atoms. The van der Waals surface area contributed by atoms with Crippen molar-refractivity contribution >= 4 is 17.9 Å². The number of anilines is 1. The van der Waals surface area contributed by atoms with Crippen LogP contribution >= 0.6 is 11.9 Å². The molecule has 3 nitrogen and oxygen atoms in total. The van der Waals surface area contributed by atoms with E-state index in [-0.39, 0.29) is 5.41 Å². The molecule has 1 N–H and O–H groups in total. The predicted octanol–water partition coefficient (Wildman–Crippen LogP) is 7.52. The highest BCUT2D eigenvalue weighted by molar-refractivity contribution is 8.00. The summed E-state index contributed by atoms with van der Waals surface area (Å²) in [7, 11) is 0. The van der Waals surface area contributed by atoms with Crippen LogP contribution in [0.1, 0.15) is 47.7 Å². The van der Waals surface area contributed by atoms with Gasteiger partial charge in [0.2, 0.25) is 5.95 Å². The maximum absolute atomic E-state index is 5.16. The first kappa shape index (κ1) is 21.7. The monoisotopic (exact) mass is 451 g/mol. The molecule has 1 heterocycles. The molecule has 1 unspecified atom stereocenters. The van der Waals surface area contributed by atoms with Gasteiger partial charge in [-0.15, -0.1) is 0 Å². The third-order valence-corrected chi connectivity index (χ3v) is 7.56. The van der Waals surface area contributed by atoms with Crippen LogP contribution in [0, 0.1) is 13.8 Å².